The highest BCUT2D eigenvalue weighted by molar-refractivity contribution is 6.76. The molecular weight excluding hydrogens is 410 g/mol. The van der Waals surface area contributed by atoms with Crippen LogP contribution < -0.4 is 5.32 Å². The van der Waals surface area contributed by atoms with Crippen LogP contribution in [-0.2, 0) is 9.53 Å². The third-order valence-electron chi connectivity index (χ3n) is 5.65. The number of hydrogen-bond donors (Lipinski definition) is 1. The highest BCUT2D eigenvalue weighted by atomic mass is 28.3. The van der Waals surface area contributed by atoms with E-state index < -0.39 is 14.0 Å². The number of nitrogens with one attached hydrogen (secondary N) is 1. The molecule has 32 heavy (non-hydrogen) atoms. The van der Waals surface area contributed by atoms with Crippen molar-refractivity contribution >= 4 is 19.7 Å². The summed E-state index contributed by atoms with van der Waals surface area (Å²) >= 11 is 0. The predicted octanol–water partition coefficient (Wildman–Crippen LogP) is 8.03. The van der Waals surface area contributed by atoms with Gasteiger partial charge in [0.15, 0.2) is 0 Å². The summed E-state index contributed by atoms with van der Waals surface area (Å²) in [7, 11) is -0.809. The lowest BCUT2D eigenvalue weighted by atomic mass is 10.1. The third-order valence-corrected chi connectivity index (χ3v) is 7.51. The van der Waals surface area contributed by atoms with E-state index in [1.165, 1.54) is 83.1 Å². The molecule has 1 aromatic carbocycles. The molecule has 0 bridgehead atoms. The molecular formula is C28H47NO2Si. The number of anilines is 1. The van der Waals surface area contributed by atoms with E-state index in [0.717, 1.165) is 17.8 Å². The number of benzene rings is 1. The zero-order valence-corrected chi connectivity index (χ0v) is 22.2. The zero-order valence-electron chi connectivity index (χ0n) is 21.2. The van der Waals surface area contributed by atoms with Crippen LogP contribution in [-0.4, -0.2) is 27.2 Å². The van der Waals surface area contributed by atoms with Crippen LogP contribution in [0.25, 0.3) is 0 Å². The van der Waals surface area contributed by atoms with Gasteiger partial charge in [0.05, 0.1) is 6.61 Å². The van der Waals surface area contributed by atoms with E-state index >= 15 is 0 Å². The maximum absolute atomic E-state index is 11.3. The second-order valence-corrected chi connectivity index (χ2v) is 15.6. The van der Waals surface area contributed by atoms with E-state index in [9.17, 15) is 4.79 Å². The van der Waals surface area contributed by atoms with E-state index in [1.807, 2.05) is 24.3 Å². The Morgan fingerprint density at radius 1 is 0.812 bits per heavy atom. The number of hydrogen-bond acceptors (Lipinski definition) is 3. The van der Waals surface area contributed by atoms with Gasteiger partial charge in [0.25, 0.3) is 0 Å². The van der Waals surface area contributed by atoms with Crippen LogP contribution in [0.1, 0.15) is 89.5 Å². The highest BCUT2D eigenvalue weighted by Crippen LogP contribution is 2.16. The lowest BCUT2D eigenvalue weighted by Crippen LogP contribution is -2.18. The third kappa shape index (κ3) is 16.9. The van der Waals surface area contributed by atoms with Gasteiger partial charge < -0.3 is 10.1 Å². The Labute approximate surface area is 199 Å². The summed E-state index contributed by atoms with van der Waals surface area (Å²) in [5.74, 6) is 4.85. The fourth-order valence-electron chi connectivity index (χ4n) is 3.74. The molecule has 180 valence electrons. The molecule has 0 aliphatic rings. The van der Waals surface area contributed by atoms with Crippen LogP contribution in [0.4, 0.5) is 5.69 Å². The van der Waals surface area contributed by atoms with Crippen molar-refractivity contribution in [3.63, 3.8) is 0 Å². The molecule has 0 amide bonds. The molecule has 1 aromatic rings. The van der Waals surface area contributed by atoms with E-state index in [1.54, 1.807) is 6.92 Å². The van der Waals surface area contributed by atoms with Crippen molar-refractivity contribution in [3.05, 3.63) is 29.8 Å². The molecule has 0 aliphatic heterocycles. The average Bonchev–Trinajstić information content (AvgIpc) is 2.75. The molecule has 3 nitrogen and oxygen atoms in total. The van der Waals surface area contributed by atoms with Crippen LogP contribution in [0.3, 0.4) is 0 Å². The SMILES string of the molecule is CCOC(=O)C#Cc1ccc(NCCCCCCCCCCCCCC[Si](C)(C)C)cc1. The molecule has 0 aromatic heterocycles. The van der Waals surface area contributed by atoms with Crippen LogP contribution in [0.15, 0.2) is 24.3 Å². The summed E-state index contributed by atoms with van der Waals surface area (Å²) in [6, 6.07) is 9.40. The number of carbonyl (C=O) groups excluding carboxylic acids is 1. The average molecular weight is 458 g/mol. The van der Waals surface area contributed by atoms with Crippen LogP contribution >= 0.6 is 0 Å². The summed E-state index contributed by atoms with van der Waals surface area (Å²) in [6.45, 7) is 10.6. The Hall–Kier alpha value is -1.73. The number of rotatable bonds is 17. The van der Waals surface area contributed by atoms with Gasteiger partial charge in [-0.05, 0) is 37.6 Å². The van der Waals surface area contributed by atoms with Gasteiger partial charge in [-0.15, -0.1) is 0 Å². The van der Waals surface area contributed by atoms with Gasteiger partial charge in [0.2, 0.25) is 0 Å². The standard InChI is InChI=1S/C28H47NO2Si/c1-5-31-28(30)23-20-26-18-21-27(22-19-26)29-24-16-14-12-10-8-6-7-9-11-13-15-17-25-32(2,3)4/h18-19,21-22,29H,5-17,24-25H2,1-4H3. The molecule has 0 aliphatic carbocycles. The fraction of sp³-hybridized carbons (Fsp3) is 0.679. The monoisotopic (exact) mass is 457 g/mol. The summed E-state index contributed by atoms with van der Waals surface area (Å²) in [6.07, 6.45) is 16.7. The first-order chi connectivity index (χ1) is 15.4. The molecule has 4 heteroatoms. The van der Waals surface area contributed by atoms with Gasteiger partial charge >= 0.3 is 5.97 Å². The Kier molecular flexibility index (Phi) is 15.7. The summed E-state index contributed by atoms with van der Waals surface area (Å²) < 4.78 is 4.81. The minimum atomic E-state index is -0.809. The first-order valence-corrected chi connectivity index (χ1v) is 16.6. The second-order valence-electron chi connectivity index (χ2n) is 10.0. The number of ether oxygens (including phenoxy) is 1. The first-order valence-electron chi connectivity index (χ1n) is 12.9. The first kappa shape index (κ1) is 28.3. The molecule has 0 spiro atoms. The van der Waals surface area contributed by atoms with E-state index in [0.29, 0.717) is 6.61 Å². The normalized spacial score (nSPS) is 11.0. The smallest absolute Gasteiger partial charge is 0.384 e. The minimum absolute atomic E-state index is 0.357. The lowest BCUT2D eigenvalue weighted by Gasteiger charge is -2.14. The molecule has 0 fully saturated rings. The van der Waals surface area contributed by atoms with Gasteiger partial charge in [-0.3, -0.25) is 0 Å². The lowest BCUT2D eigenvalue weighted by molar-refractivity contribution is -0.136. The molecule has 0 unspecified atom stereocenters. The molecule has 0 saturated carbocycles. The van der Waals surface area contributed by atoms with Gasteiger partial charge in [0, 0.05) is 31.8 Å². The molecule has 0 saturated heterocycles. The van der Waals surface area contributed by atoms with Crippen molar-refractivity contribution < 1.29 is 9.53 Å². The summed E-state index contributed by atoms with van der Waals surface area (Å²) in [5.41, 5.74) is 1.93. The van der Waals surface area contributed by atoms with E-state index in [4.69, 9.17) is 4.74 Å². The Balaban J connectivity index is 1.92. The van der Waals surface area contributed by atoms with Crippen molar-refractivity contribution in [2.75, 3.05) is 18.5 Å². The Morgan fingerprint density at radius 3 is 1.81 bits per heavy atom. The quantitative estimate of drug-likeness (QED) is 0.111. The maximum Gasteiger partial charge on any atom is 0.384 e. The van der Waals surface area contributed by atoms with Crippen LogP contribution in [0.5, 0.6) is 0 Å². The van der Waals surface area contributed by atoms with Gasteiger partial charge in [-0.25, -0.2) is 4.79 Å². The maximum atomic E-state index is 11.3. The number of esters is 1. The van der Waals surface area contributed by atoms with Crippen molar-refractivity contribution in [1.82, 2.24) is 0 Å². The van der Waals surface area contributed by atoms with Gasteiger partial charge in [-0.2, -0.15) is 0 Å². The van der Waals surface area contributed by atoms with Crippen molar-refractivity contribution in [2.45, 2.75) is 110 Å². The predicted molar refractivity (Wildman–Crippen MR) is 142 cm³/mol. The second kappa shape index (κ2) is 17.8. The molecule has 1 N–H and O–H groups in total. The summed E-state index contributed by atoms with van der Waals surface area (Å²) in [5, 5.41) is 3.47. The summed E-state index contributed by atoms with van der Waals surface area (Å²) in [4.78, 5) is 11.3. The number of unbranched alkanes of at least 4 members (excludes halogenated alkanes) is 11. The largest absolute Gasteiger partial charge is 0.456 e. The topological polar surface area (TPSA) is 38.3 Å². The molecule has 1 rings (SSSR count). The van der Waals surface area contributed by atoms with Gasteiger partial charge in [-0.1, -0.05) is 102 Å². The Bertz CT molecular complexity index is 667. The number of carbonyl (C=O) groups is 1. The fourth-order valence-corrected chi connectivity index (χ4v) is 5.05. The molecule has 0 atom stereocenters. The molecule has 0 radical (unpaired) electrons. The zero-order chi connectivity index (χ0) is 23.5. The van der Waals surface area contributed by atoms with E-state index in [2.05, 4.69) is 36.8 Å². The van der Waals surface area contributed by atoms with Gasteiger partial charge in [0.1, 0.15) is 0 Å². The minimum Gasteiger partial charge on any atom is -0.456 e. The van der Waals surface area contributed by atoms with E-state index in [-0.39, 0.29) is 0 Å². The van der Waals surface area contributed by atoms with Crippen molar-refractivity contribution in [2.24, 2.45) is 0 Å². The van der Waals surface area contributed by atoms with Crippen molar-refractivity contribution in [3.8, 4) is 11.8 Å². The Morgan fingerprint density at radius 2 is 1.31 bits per heavy atom. The van der Waals surface area contributed by atoms with Crippen LogP contribution in [0, 0.1) is 11.8 Å². The highest BCUT2D eigenvalue weighted by Gasteiger charge is 2.11. The van der Waals surface area contributed by atoms with Crippen molar-refractivity contribution in [1.29, 1.82) is 0 Å². The molecule has 0 heterocycles. The van der Waals surface area contributed by atoms with Crippen LogP contribution in [0.2, 0.25) is 25.7 Å².